The first kappa shape index (κ1) is 13.3. The van der Waals surface area contributed by atoms with Gasteiger partial charge in [-0.1, -0.05) is 6.92 Å². The van der Waals surface area contributed by atoms with Crippen molar-refractivity contribution in [1.82, 2.24) is 0 Å². The van der Waals surface area contributed by atoms with Crippen LogP contribution in [-0.4, -0.2) is 19.0 Å². The van der Waals surface area contributed by atoms with Crippen molar-refractivity contribution in [3.63, 3.8) is 0 Å². The van der Waals surface area contributed by atoms with Crippen LogP contribution >= 0.6 is 0 Å². The highest BCUT2D eigenvalue weighted by atomic mass is 16.1. The Morgan fingerprint density at radius 2 is 2.10 bits per heavy atom. The van der Waals surface area contributed by atoms with E-state index in [0.29, 0.717) is 6.42 Å². The number of hydrogen-bond acceptors (Lipinski definition) is 3. The lowest BCUT2D eigenvalue weighted by Gasteiger charge is -2.27. The predicted octanol–water partition coefficient (Wildman–Crippen LogP) is 2.78. The molecule has 0 aliphatic carbocycles. The summed E-state index contributed by atoms with van der Waals surface area (Å²) in [7, 11) is 0. The molecule has 1 unspecified atom stereocenters. The van der Waals surface area contributed by atoms with Gasteiger partial charge in [-0.3, -0.25) is 4.79 Å². The summed E-state index contributed by atoms with van der Waals surface area (Å²) in [4.78, 5) is 13.9. The number of rotatable bonds is 1. The number of carbonyl (C=O) groups excluding carboxylic acids is 1. The Bertz CT molecular complexity index is 527. The molecule has 2 heterocycles. The third-order valence-electron chi connectivity index (χ3n) is 4.51. The third kappa shape index (κ3) is 2.60. The Hall–Kier alpha value is -1.71. The highest BCUT2D eigenvalue weighted by Crippen LogP contribution is 2.34. The number of benzene rings is 1. The average molecular weight is 273 g/mol. The fraction of sp³-hybridized carbons (Fsp3) is 0.562. The zero-order valence-corrected chi connectivity index (χ0v) is 12.1. The van der Waals surface area contributed by atoms with Gasteiger partial charge in [-0.05, 0) is 49.3 Å². The van der Waals surface area contributed by atoms with Crippen LogP contribution in [-0.2, 0) is 11.2 Å². The molecule has 1 aromatic rings. The molecule has 2 aliphatic rings. The van der Waals surface area contributed by atoms with Gasteiger partial charge in [0.2, 0.25) is 5.91 Å². The monoisotopic (exact) mass is 273 g/mol. The number of hydrogen-bond donors (Lipinski definition) is 2. The van der Waals surface area contributed by atoms with Crippen molar-refractivity contribution in [3.8, 4) is 0 Å². The number of carbonyl (C=O) groups is 1. The van der Waals surface area contributed by atoms with Gasteiger partial charge in [-0.15, -0.1) is 0 Å². The molecule has 0 bridgehead atoms. The van der Waals surface area contributed by atoms with Crippen LogP contribution in [0, 0.1) is 5.92 Å². The number of aryl methyl sites for hydroxylation is 1. The summed E-state index contributed by atoms with van der Waals surface area (Å²) in [6.07, 6.45) is 5.07. The predicted molar refractivity (Wildman–Crippen MR) is 83.0 cm³/mol. The SMILES string of the molecule is CC1CCCN(c2cc3c(cc2N)CCC(=O)N3)CC1. The minimum atomic E-state index is 0.109. The quantitative estimate of drug-likeness (QED) is 0.774. The van der Waals surface area contributed by atoms with E-state index in [2.05, 4.69) is 23.2 Å². The summed E-state index contributed by atoms with van der Waals surface area (Å²) in [6, 6.07) is 4.11. The summed E-state index contributed by atoms with van der Waals surface area (Å²) in [5.41, 5.74) is 10.3. The van der Waals surface area contributed by atoms with Crippen LogP contribution in [0.15, 0.2) is 12.1 Å². The van der Waals surface area contributed by atoms with Crippen LogP contribution in [0.3, 0.4) is 0 Å². The molecule has 20 heavy (non-hydrogen) atoms. The first-order valence-electron chi connectivity index (χ1n) is 7.60. The number of nitrogens with one attached hydrogen (secondary N) is 1. The summed E-state index contributed by atoms with van der Waals surface area (Å²) >= 11 is 0. The van der Waals surface area contributed by atoms with E-state index in [4.69, 9.17) is 5.73 Å². The molecule has 0 aromatic heterocycles. The lowest BCUT2D eigenvalue weighted by Crippen LogP contribution is -2.26. The molecule has 0 saturated carbocycles. The Morgan fingerprint density at radius 1 is 1.25 bits per heavy atom. The third-order valence-corrected chi connectivity index (χ3v) is 4.51. The first-order valence-corrected chi connectivity index (χ1v) is 7.60. The lowest BCUT2D eigenvalue weighted by molar-refractivity contribution is -0.116. The fourth-order valence-electron chi connectivity index (χ4n) is 3.21. The van der Waals surface area contributed by atoms with Gasteiger partial charge in [-0.2, -0.15) is 0 Å². The van der Waals surface area contributed by atoms with Crippen LogP contribution in [0.25, 0.3) is 0 Å². The van der Waals surface area contributed by atoms with Crippen LogP contribution in [0.1, 0.15) is 38.2 Å². The molecular weight excluding hydrogens is 250 g/mol. The average Bonchev–Trinajstić information content (AvgIpc) is 2.63. The maximum Gasteiger partial charge on any atom is 0.224 e. The van der Waals surface area contributed by atoms with Crippen molar-refractivity contribution in [2.24, 2.45) is 5.92 Å². The topological polar surface area (TPSA) is 58.4 Å². The van der Waals surface area contributed by atoms with E-state index in [1.807, 2.05) is 6.07 Å². The fourth-order valence-corrected chi connectivity index (χ4v) is 3.21. The standard InChI is InChI=1S/C16H23N3O/c1-11-3-2-7-19(8-6-11)15-10-14-12(9-13(15)17)4-5-16(20)18-14/h9-11H,2-8,17H2,1H3,(H,18,20). The van der Waals surface area contributed by atoms with Gasteiger partial charge in [0.25, 0.3) is 0 Å². The maximum absolute atomic E-state index is 11.5. The minimum absolute atomic E-state index is 0.109. The molecule has 0 spiro atoms. The van der Waals surface area contributed by atoms with Crippen molar-refractivity contribution in [1.29, 1.82) is 0 Å². The van der Waals surface area contributed by atoms with E-state index in [1.54, 1.807) is 0 Å². The number of nitrogen functional groups attached to an aromatic ring is 1. The number of anilines is 3. The molecule has 108 valence electrons. The van der Waals surface area contributed by atoms with E-state index in [-0.39, 0.29) is 5.91 Å². The van der Waals surface area contributed by atoms with Crippen LogP contribution in [0.5, 0.6) is 0 Å². The molecule has 1 aromatic carbocycles. The molecular formula is C16H23N3O. The van der Waals surface area contributed by atoms with Crippen molar-refractivity contribution in [2.75, 3.05) is 29.0 Å². The molecule has 1 amide bonds. The molecule has 4 heteroatoms. The van der Waals surface area contributed by atoms with Gasteiger partial charge in [0.1, 0.15) is 0 Å². The summed E-state index contributed by atoms with van der Waals surface area (Å²) < 4.78 is 0. The molecule has 1 saturated heterocycles. The van der Waals surface area contributed by atoms with Crippen LogP contribution in [0.4, 0.5) is 17.1 Å². The molecule has 4 nitrogen and oxygen atoms in total. The van der Waals surface area contributed by atoms with Crippen LogP contribution < -0.4 is 16.0 Å². The van der Waals surface area contributed by atoms with Gasteiger partial charge in [0.15, 0.2) is 0 Å². The first-order chi connectivity index (χ1) is 9.63. The summed E-state index contributed by atoms with van der Waals surface area (Å²) in [5, 5.41) is 2.97. The number of fused-ring (bicyclic) bond motifs is 1. The van der Waals surface area contributed by atoms with Crippen LogP contribution in [0.2, 0.25) is 0 Å². The van der Waals surface area contributed by atoms with Gasteiger partial charge in [0.05, 0.1) is 11.4 Å². The highest BCUT2D eigenvalue weighted by Gasteiger charge is 2.20. The maximum atomic E-state index is 11.5. The summed E-state index contributed by atoms with van der Waals surface area (Å²) in [6.45, 7) is 4.43. The minimum Gasteiger partial charge on any atom is -0.397 e. The zero-order valence-electron chi connectivity index (χ0n) is 12.1. The Labute approximate surface area is 120 Å². The van der Waals surface area contributed by atoms with Crippen molar-refractivity contribution in [2.45, 2.75) is 39.0 Å². The number of nitrogens with zero attached hydrogens (tertiary/aromatic N) is 1. The van der Waals surface area contributed by atoms with Gasteiger partial charge in [0, 0.05) is 25.2 Å². The lowest BCUT2D eigenvalue weighted by atomic mass is 10.0. The largest absolute Gasteiger partial charge is 0.397 e. The number of nitrogens with two attached hydrogens (primary N) is 1. The van der Waals surface area contributed by atoms with E-state index in [0.717, 1.165) is 48.1 Å². The smallest absolute Gasteiger partial charge is 0.224 e. The zero-order chi connectivity index (χ0) is 14.1. The van der Waals surface area contributed by atoms with Crippen molar-refractivity contribution in [3.05, 3.63) is 17.7 Å². The second kappa shape index (κ2) is 5.35. The molecule has 2 aliphatic heterocycles. The molecule has 1 atom stereocenters. The Balaban J connectivity index is 1.89. The van der Waals surface area contributed by atoms with Gasteiger partial charge >= 0.3 is 0 Å². The Kier molecular flexibility index (Phi) is 3.55. The summed E-state index contributed by atoms with van der Waals surface area (Å²) in [5.74, 6) is 0.899. The second-order valence-electron chi connectivity index (χ2n) is 6.14. The van der Waals surface area contributed by atoms with E-state index in [1.165, 1.54) is 19.3 Å². The normalized spacial score (nSPS) is 22.9. The second-order valence-corrected chi connectivity index (χ2v) is 6.14. The molecule has 3 N–H and O–H groups in total. The molecule has 0 radical (unpaired) electrons. The molecule has 1 fully saturated rings. The van der Waals surface area contributed by atoms with E-state index >= 15 is 0 Å². The molecule has 3 rings (SSSR count). The Morgan fingerprint density at radius 3 is 2.95 bits per heavy atom. The van der Waals surface area contributed by atoms with Crippen molar-refractivity contribution >= 4 is 23.0 Å². The van der Waals surface area contributed by atoms with E-state index in [9.17, 15) is 4.79 Å². The van der Waals surface area contributed by atoms with Gasteiger partial charge < -0.3 is 16.0 Å². The number of amides is 1. The van der Waals surface area contributed by atoms with Crippen molar-refractivity contribution < 1.29 is 4.79 Å². The highest BCUT2D eigenvalue weighted by molar-refractivity contribution is 5.95. The van der Waals surface area contributed by atoms with E-state index < -0.39 is 0 Å². The van der Waals surface area contributed by atoms with Gasteiger partial charge in [-0.25, -0.2) is 0 Å².